The fourth-order valence-electron chi connectivity index (χ4n) is 4.27. The molecule has 1 atom stereocenters. The number of aliphatic imine (C=N–C) groups is 1. The van der Waals surface area contributed by atoms with Gasteiger partial charge in [0.15, 0.2) is 11.0 Å². The molecule has 34 heavy (non-hydrogen) atoms. The monoisotopic (exact) mass is 490 g/mol. The molecule has 0 N–H and O–H groups in total. The third-order valence-electron chi connectivity index (χ3n) is 6.08. The van der Waals surface area contributed by atoms with Crippen LogP contribution >= 0.6 is 11.8 Å². The number of amides is 1. The van der Waals surface area contributed by atoms with Crippen LogP contribution in [0.5, 0.6) is 0 Å². The van der Waals surface area contributed by atoms with Gasteiger partial charge in [0.25, 0.3) is 5.91 Å². The third kappa shape index (κ3) is 3.67. The molecule has 0 spiro atoms. The number of hydrogen-bond acceptors (Lipinski definition) is 6. The summed E-state index contributed by atoms with van der Waals surface area (Å²) in [5.74, 6) is 0.0268. The number of ketones is 1. The van der Waals surface area contributed by atoms with Crippen molar-refractivity contribution >= 4 is 44.1 Å². The fourth-order valence-corrected chi connectivity index (χ4v) is 7.22. The van der Waals surface area contributed by atoms with Crippen molar-refractivity contribution in [1.29, 1.82) is 0 Å². The molecule has 0 bridgehead atoms. The Balaban J connectivity index is 1.57. The van der Waals surface area contributed by atoms with Crippen molar-refractivity contribution in [3.8, 4) is 0 Å². The van der Waals surface area contributed by atoms with E-state index in [-0.39, 0.29) is 44.2 Å². The van der Waals surface area contributed by atoms with Gasteiger partial charge < -0.3 is 0 Å². The zero-order valence-corrected chi connectivity index (χ0v) is 20.3. The fraction of sp³-hybridized carbons (Fsp3) is 0.192. The average Bonchev–Trinajstić information content (AvgIpc) is 3.24. The highest BCUT2D eigenvalue weighted by atomic mass is 32.2. The second-order valence-electron chi connectivity index (χ2n) is 8.32. The van der Waals surface area contributed by atoms with Gasteiger partial charge in [-0.05, 0) is 61.4 Å². The second kappa shape index (κ2) is 8.52. The maximum absolute atomic E-state index is 13.7. The molecule has 5 rings (SSSR count). The van der Waals surface area contributed by atoms with Gasteiger partial charge in [-0.15, -0.1) is 0 Å². The standard InChI is InChI=1S/C26H22N2O4S2/c1-3-19-15-33-26(27-18-8-6-7-16(2)13-18)28(19)25(30)17-11-12-21-23(14-17)34(31,32)22-10-5-4-9-20(22)24(21)29/h4-14,19H,3,15H2,1-2H3/t19-/m1/s1. The Kier molecular flexibility index (Phi) is 5.65. The van der Waals surface area contributed by atoms with Crippen LogP contribution in [0.25, 0.3) is 0 Å². The van der Waals surface area contributed by atoms with Gasteiger partial charge in [0.1, 0.15) is 0 Å². The number of hydrogen-bond donors (Lipinski definition) is 0. The summed E-state index contributed by atoms with van der Waals surface area (Å²) in [7, 11) is -3.93. The molecule has 0 saturated carbocycles. The number of thioether (sulfide) groups is 1. The SMILES string of the molecule is CC[C@@H]1CSC(=Nc2cccc(C)c2)N1C(=O)c1ccc2c(c1)S(=O)(=O)c1ccccc1C2=O. The van der Waals surface area contributed by atoms with Gasteiger partial charge in [-0.3, -0.25) is 14.5 Å². The predicted octanol–water partition coefficient (Wildman–Crippen LogP) is 5.03. The number of fused-ring (bicyclic) bond motifs is 2. The summed E-state index contributed by atoms with van der Waals surface area (Å²) in [5, 5.41) is 0.587. The first kappa shape index (κ1) is 22.6. The molecule has 6 nitrogen and oxygen atoms in total. The molecule has 0 aliphatic carbocycles. The topological polar surface area (TPSA) is 83.9 Å². The van der Waals surface area contributed by atoms with Crippen molar-refractivity contribution in [3.63, 3.8) is 0 Å². The molecule has 2 heterocycles. The molecule has 8 heteroatoms. The van der Waals surface area contributed by atoms with Crippen LogP contribution in [0.3, 0.4) is 0 Å². The minimum absolute atomic E-state index is 0.0260. The molecule has 2 aliphatic heterocycles. The van der Waals surface area contributed by atoms with Gasteiger partial charge in [0.2, 0.25) is 9.84 Å². The lowest BCUT2D eigenvalue weighted by Gasteiger charge is -2.24. The number of carbonyl (C=O) groups is 2. The molecule has 0 radical (unpaired) electrons. The highest BCUT2D eigenvalue weighted by molar-refractivity contribution is 8.14. The molecule has 3 aromatic rings. The minimum Gasteiger partial charge on any atom is -0.289 e. The zero-order valence-electron chi connectivity index (χ0n) is 18.7. The summed E-state index contributed by atoms with van der Waals surface area (Å²) in [4.78, 5) is 32.8. The predicted molar refractivity (Wildman–Crippen MR) is 133 cm³/mol. The van der Waals surface area contributed by atoms with E-state index < -0.39 is 9.84 Å². The normalized spacial score (nSPS) is 19.7. The van der Waals surface area contributed by atoms with E-state index in [9.17, 15) is 18.0 Å². The molecule has 1 fully saturated rings. The van der Waals surface area contributed by atoms with E-state index in [2.05, 4.69) is 0 Å². The van der Waals surface area contributed by atoms with Crippen LogP contribution in [-0.2, 0) is 9.84 Å². The van der Waals surface area contributed by atoms with Gasteiger partial charge in [0, 0.05) is 28.5 Å². The number of rotatable bonds is 3. The molecule has 0 aromatic heterocycles. The van der Waals surface area contributed by atoms with Crippen molar-refractivity contribution in [2.45, 2.75) is 36.1 Å². The molecular weight excluding hydrogens is 468 g/mol. The maximum atomic E-state index is 13.7. The van der Waals surface area contributed by atoms with Crippen LogP contribution in [0, 0.1) is 6.92 Å². The summed E-state index contributed by atoms with van der Waals surface area (Å²) >= 11 is 1.51. The lowest BCUT2D eigenvalue weighted by Crippen LogP contribution is -2.39. The summed E-state index contributed by atoms with van der Waals surface area (Å²) in [6, 6.07) is 18.2. The maximum Gasteiger partial charge on any atom is 0.260 e. The number of amidine groups is 1. The Morgan fingerprint density at radius 1 is 1.03 bits per heavy atom. The number of benzene rings is 3. The summed E-state index contributed by atoms with van der Waals surface area (Å²) < 4.78 is 26.6. The summed E-state index contributed by atoms with van der Waals surface area (Å²) in [6.07, 6.45) is 0.737. The van der Waals surface area contributed by atoms with Crippen molar-refractivity contribution < 1.29 is 18.0 Å². The molecule has 0 unspecified atom stereocenters. The Morgan fingerprint density at radius 2 is 1.79 bits per heavy atom. The molecular formula is C26H22N2O4S2. The van der Waals surface area contributed by atoms with Crippen LogP contribution < -0.4 is 0 Å². The van der Waals surface area contributed by atoms with Crippen LogP contribution in [0.2, 0.25) is 0 Å². The van der Waals surface area contributed by atoms with Crippen molar-refractivity contribution in [1.82, 2.24) is 4.90 Å². The van der Waals surface area contributed by atoms with Gasteiger partial charge in [0.05, 0.1) is 15.5 Å². The van der Waals surface area contributed by atoms with E-state index in [0.29, 0.717) is 10.9 Å². The van der Waals surface area contributed by atoms with E-state index in [1.54, 1.807) is 17.0 Å². The second-order valence-corrected chi connectivity index (χ2v) is 11.2. The number of aryl methyl sites for hydroxylation is 1. The number of nitrogens with zero attached hydrogens (tertiary/aromatic N) is 2. The van der Waals surface area contributed by atoms with Crippen LogP contribution in [0.15, 0.2) is 81.5 Å². The van der Waals surface area contributed by atoms with E-state index in [0.717, 1.165) is 17.7 Å². The van der Waals surface area contributed by atoms with Crippen molar-refractivity contribution in [2.24, 2.45) is 4.99 Å². The average molecular weight is 491 g/mol. The Hall–Kier alpha value is -3.23. The Labute approximate surface area is 202 Å². The molecule has 172 valence electrons. The molecule has 1 saturated heterocycles. The van der Waals surface area contributed by atoms with E-state index >= 15 is 0 Å². The Bertz CT molecular complexity index is 1480. The van der Waals surface area contributed by atoms with Gasteiger partial charge >= 0.3 is 0 Å². The quantitative estimate of drug-likeness (QED) is 0.402. The van der Waals surface area contributed by atoms with Gasteiger partial charge in [-0.1, -0.05) is 43.0 Å². The van der Waals surface area contributed by atoms with Gasteiger partial charge in [-0.2, -0.15) is 0 Å². The Morgan fingerprint density at radius 3 is 2.56 bits per heavy atom. The van der Waals surface area contributed by atoms with Crippen LogP contribution in [0.1, 0.15) is 45.2 Å². The summed E-state index contributed by atoms with van der Waals surface area (Å²) in [6.45, 7) is 3.99. The highest BCUT2D eigenvalue weighted by Gasteiger charge is 2.38. The van der Waals surface area contributed by atoms with E-state index in [1.807, 2.05) is 38.1 Å². The van der Waals surface area contributed by atoms with Gasteiger partial charge in [-0.25, -0.2) is 13.4 Å². The first-order valence-corrected chi connectivity index (χ1v) is 13.4. The third-order valence-corrected chi connectivity index (χ3v) is 9.03. The molecule has 2 aliphatic rings. The molecule has 1 amide bonds. The zero-order chi connectivity index (χ0) is 24.0. The van der Waals surface area contributed by atoms with E-state index in [4.69, 9.17) is 4.99 Å². The lowest BCUT2D eigenvalue weighted by molar-refractivity contribution is 0.0818. The van der Waals surface area contributed by atoms with E-state index in [1.165, 1.54) is 42.1 Å². The summed E-state index contributed by atoms with van der Waals surface area (Å²) in [5.41, 5.74) is 2.29. The van der Waals surface area contributed by atoms with Crippen molar-refractivity contribution in [3.05, 3.63) is 89.0 Å². The van der Waals surface area contributed by atoms with Crippen molar-refractivity contribution in [2.75, 3.05) is 5.75 Å². The first-order chi connectivity index (χ1) is 16.3. The number of carbonyl (C=O) groups excluding carboxylic acids is 2. The minimum atomic E-state index is -3.93. The lowest BCUT2D eigenvalue weighted by atomic mass is 10.0. The number of sulfone groups is 1. The first-order valence-electron chi connectivity index (χ1n) is 11.0. The molecule has 3 aromatic carbocycles. The highest BCUT2D eigenvalue weighted by Crippen LogP contribution is 2.36. The smallest absolute Gasteiger partial charge is 0.260 e. The largest absolute Gasteiger partial charge is 0.289 e. The van der Waals surface area contributed by atoms with Crippen LogP contribution in [0.4, 0.5) is 5.69 Å². The van der Waals surface area contributed by atoms with Crippen LogP contribution in [-0.4, -0.2) is 42.0 Å².